The number of imidazole rings is 1. The number of H-pyrrole nitrogens is 2. The third-order valence-corrected chi connectivity index (χ3v) is 5.72. The van der Waals surface area contributed by atoms with Gasteiger partial charge >= 0.3 is 0 Å². The smallest absolute Gasteiger partial charge is 0.161 e. The van der Waals surface area contributed by atoms with Crippen LogP contribution in [0, 0.1) is 5.82 Å². The summed E-state index contributed by atoms with van der Waals surface area (Å²) in [5, 5.41) is 7.52. The van der Waals surface area contributed by atoms with Gasteiger partial charge in [0.15, 0.2) is 11.5 Å². The van der Waals surface area contributed by atoms with E-state index in [4.69, 9.17) is 9.97 Å². The first kappa shape index (κ1) is 20.0. The van der Waals surface area contributed by atoms with E-state index in [9.17, 15) is 4.39 Å². The molecule has 166 valence electrons. The Morgan fingerprint density at radius 3 is 2.44 bits per heavy atom. The molecule has 34 heavy (non-hydrogen) atoms. The Kier molecular flexibility index (Phi) is 4.54. The Hall–Kier alpha value is -4.66. The zero-order valence-electron chi connectivity index (χ0n) is 18.4. The van der Waals surface area contributed by atoms with Crippen molar-refractivity contribution in [3.05, 3.63) is 73.1 Å². The predicted molar refractivity (Wildman–Crippen MR) is 130 cm³/mol. The van der Waals surface area contributed by atoms with Crippen LogP contribution in [0.2, 0.25) is 0 Å². The fourth-order valence-corrected chi connectivity index (χ4v) is 3.92. The summed E-state index contributed by atoms with van der Waals surface area (Å²) in [6.45, 7) is 0. The van der Waals surface area contributed by atoms with Crippen LogP contribution in [0.4, 0.5) is 10.1 Å². The van der Waals surface area contributed by atoms with E-state index in [1.165, 1.54) is 12.1 Å². The molecule has 9 heteroatoms. The van der Waals surface area contributed by atoms with E-state index in [0.29, 0.717) is 17.0 Å². The van der Waals surface area contributed by atoms with Crippen LogP contribution in [0.15, 0.2) is 67.3 Å². The van der Waals surface area contributed by atoms with Crippen LogP contribution < -0.4 is 4.90 Å². The van der Waals surface area contributed by atoms with E-state index >= 15 is 0 Å². The molecule has 5 heterocycles. The minimum absolute atomic E-state index is 0.289. The number of fused-ring (bicyclic) bond motifs is 2. The fraction of sp³-hybridized carbons (Fsp3) is 0.0800. The highest BCUT2D eigenvalue weighted by Crippen LogP contribution is 2.31. The topological polar surface area (TPSA) is 99.3 Å². The zero-order chi connectivity index (χ0) is 23.2. The molecule has 2 N–H and O–H groups in total. The van der Waals surface area contributed by atoms with Gasteiger partial charge in [-0.3, -0.25) is 15.1 Å². The van der Waals surface area contributed by atoms with Crippen molar-refractivity contribution in [3.8, 4) is 33.9 Å². The SMILES string of the molecule is CN(C)c1cncc(-c2ccc3[nH]nc(-c4nc5c(-c6ccc(F)cc6)cncc5[nH]4)c3n2)c1. The van der Waals surface area contributed by atoms with E-state index in [2.05, 4.69) is 25.1 Å². The summed E-state index contributed by atoms with van der Waals surface area (Å²) in [7, 11) is 3.95. The number of aromatic amines is 2. The number of hydrogen-bond acceptors (Lipinski definition) is 6. The highest BCUT2D eigenvalue weighted by atomic mass is 19.1. The fourth-order valence-electron chi connectivity index (χ4n) is 3.92. The molecule has 0 unspecified atom stereocenters. The number of aromatic nitrogens is 7. The van der Waals surface area contributed by atoms with Gasteiger partial charge in [-0.05, 0) is 35.9 Å². The molecule has 8 nitrogen and oxygen atoms in total. The molecule has 0 saturated heterocycles. The summed E-state index contributed by atoms with van der Waals surface area (Å²) in [4.78, 5) is 23.7. The first-order valence-electron chi connectivity index (χ1n) is 10.6. The highest BCUT2D eigenvalue weighted by Gasteiger charge is 2.17. The van der Waals surface area contributed by atoms with Gasteiger partial charge in [-0.1, -0.05) is 12.1 Å². The zero-order valence-corrected chi connectivity index (χ0v) is 18.4. The molecular formula is C25H19FN8. The predicted octanol–water partition coefficient (Wildman–Crippen LogP) is 4.83. The summed E-state index contributed by atoms with van der Waals surface area (Å²) < 4.78 is 13.4. The Bertz CT molecular complexity index is 1650. The van der Waals surface area contributed by atoms with E-state index in [1.807, 2.05) is 43.4 Å². The van der Waals surface area contributed by atoms with Crippen molar-refractivity contribution in [2.75, 3.05) is 19.0 Å². The molecule has 0 saturated carbocycles. The molecule has 0 bridgehead atoms. The second-order valence-electron chi connectivity index (χ2n) is 8.17. The lowest BCUT2D eigenvalue weighted by Gasteiger charge is -2.12. The average Bonchev–Trinajstić information content (AvgIpc) is 3.48. The molecule has 0 aliphatic heterocycles. The number of hydrogen-bond donors (Lipinski definition) is 2. The van der Waals surface area contributed by atoms with Crippen LogP contribution in [-0.4, -0.2) is 49.2 Å². The van der Waals surface area contributed by atoms with Gasteiger partial charge in [0.05, 0.1) is 40.3 Å². The van der Waals surface area contributed by atoms with Crippen molar-refractivity contribution in [1.29, 1.82) is 0 Å². The monoisotopic (exact) mass is 450 g/mol. The highest BCUT2D eigenvalue weighted by molar-refractivity contribution is 5.95. The van der Waals surface area contributed by atoms with E-state index in [-0.39, 0.29) is 5.82 Å². The number of halogens is 1. The quantitative estimate of drug-likeness (QED) is 0.399. The lowest BCUT2D eigenvalue weighted by molar-refractivity contribution is 0.628. The molecule has 0 radical (unpaired) electrons. The molecule has 5 aromatic heterocycles. The first-order valence-corrected chi connectivity index (χ1v) is 10.6. The Labute approximate surface area is 193 Å². The number of benzene rings is 1. The molecule has 0 atom stereocenters. The van der Waals surface area contributed by atoms with Crippen molar-refractivity contribution in [3.63, 3.8) is 0 Å². The van der Waals surface area contributed by atoms with Crippen LogP contribution in [0.1, 0.15) is 0 Å². The van der Waals surface area contributed by atoms with Crippen LogP contribution in [-0.2, 0) is 0 Å². The van der Waals surface area contributed by atoms with Gasteiger partial charge in [-0.25, -0.2) is 14.4 Å². The minimum Gasteiger partial charge on any atom is -0.376 e. The summed E-state index contributed by atoms with van der Waals surface area (Å²) >= 11 is 0. The van der Waals surface area contributed by atoms with Gasteiger partial charge in [0.25, 0.3) is 0 Å². The maximum absolute atomic E-state index is 13.4. The van der Waals surface area contributed by atoms with Gasteiger partial charge in [-0.15, -0.1) is 0 Å². The van der Waals surface area contributed by atoms with Crippen LogP contribution >= 0.6 is 0 Å². The van der Waals surface area contributed by atoms with Crippen molar-refractivity contribution in [2.24, 2.45) is 0 Å². The largest absolute Gasteiger partial charge is 0.376 e. The van der Waals surface area contributed by atoms with Gasteiger partial charge in [0.2, 0.25) is 0 Å². The van der Waals surface area contributed by atoms with Crippen LogP contribution in [0.25, 0.3) is 56.0 Å². The average molecular weight is 450 g/mol. The van der Waals surface area contributed by atoms with Crippen molar-refractivity contribution >= 4 is 27.8 Å². The number of rotatable bonds is 4. The molecule has 6 aromatic rings. The molecule has 1 aromatic carbocycles. The van der Waals surface area contributed by atoms with Crippen LogP contribution in [0.3, 0.4) is 0 Å². The molecule has 0 spiro atoms. The van der Waals surface area contributed by atoms with Crippen molar-refractivity contribution in [2.45, 2.75) is 0 Å². The number of anilines is 1. The summed E-state index contributed by atoms with van der Waals surface area (Å²) in [5.41, 5.74) is 7.91. The van der Waals surface area contributed by atoms with E-state index < -0.39 is 0 Å². The molecular weight excluding hydrogens is 431 g/mol. The lowest BCUT2D eigenvalue weighted by atomic mass is 10.1. The molecule has 0 amide bonds. The van der Waals surface area contributed by atoms with Gasteiger partial charge in [0.1, 0.15) is 11.3 Å². The summed E-state index contributed by atoms with van der Waals surface area (Å²) in [6.07, 6.45) is 7.05. The molecule has 6 rings (SSSR count). The second kappa shape index (κ2) is 7.73. The third-order valence-electron chi connectivity index (χ3n) is 5.72. The number of nitrogens with zero attached hydrogens (tertiary/aromatic N) is 6. The van der Waals surface area contributed by atoms with Gasteiger partial charge in [-0.2, -0.15) is 5.10 Å². The Morgan fingerprint density at radius 1 is 0.794 bits per heavy atom. The number of nitrogens with one attached hydrogen (secondary N) is 2. The Balaban J connectivity index is 1.47. The van der Waals surface area contributed by atoms with E-state index in [0.717, 1.165) is 44.6 Å². The first-order chi connectivity index (χ1) is 16.6. The number of pyridine rings is 3. The summed E-state index contributed by atoms with van der Waals surface area (Å²) in [6, 6.07) is 12.2. The summed E-state index contributed by atoms with van der Waals surface area (Å²) in [5.74, 6) is 0.283. The van der Waals surface area contributed by atoms with Crippen LogP contribution in [0.5, 0.6) is 0 Å². The van der Waals surface area contributed by atoms with E-state index in [1.54, 1.807) is 30.7 Å². The lowest BCUT2D eigenvalue weighted by Crippen LogP contribution is -2.08. The molecule has 0 aliphatic carbocycles. The van der Waals surface area contributed by atoms with Crippen molar-refractivity contribution in [1.82, 2.24) is 35.1 Å². The van der Waals surface area contributed by atoms with Gasteiger partial charge < -0.3 is 9.88 Å². The Morgan fingerprint density at radius 2 is 1.62 bits per heavy atom. The minimum atomic E-state index is -0.289. The molecule has 0 fully saturated rings. The van der Waals surface area contributed by atoms with Gasteiger partial charge in [0, 0.05) is 37.6 Å². The third kappa shape index (κ3) is 3.34. The molecule has 0 aliphatic rings. The van der Waals surface area contributed by atoms with Crippen molar-refractivity contribution < 1.29 is 4.39 Å². The second-order valence-corrected chi connectivity index (χ2v) is 8.17. The maximum atomic E-state index is 13.4. The normalized spacial score (nSPS) is 11.4. The standard InChI is InChI=1S/C25H19FN8/c1-34(2)17-9-15(10-27-11-17)19-7-8-20-23(29-19)24(33-32-20)25-30-21-13-28-12-18(22(21)31-25)14-3-5-16(26)6-4-14/h3-13H,1-2H3,(H,30,31)(H,32,33). The maximum Gasteiger partial charge on any atom is 0.161 e.